The van der Waals surface area contributed by atoms with Crippen molar-refractivity contribution in [1.29, 1.82) is 0 Å². The Morgan fingerprint density at radius 1 is 1.17 bits per heavy atom. The SMILES string of the molecule is CN(c1ccccc1)C1(C)CC1. The third-order valence-corrected chi connectivity index (χ3v) is 2.93. The maximum atomic E-state index is 2.38. The molecule has 1 saturated carbocycles. The average Bonchev–Trinajstić information content (AvgIpc) is 2.85. The number of hydrogen-bond donors (Lipinski definition) is 0. The predicted molar refractivity (Wildman–Crippen MR) is 52.5 cm³/mol. The van der Waals surface area contributed by atoms with Gasteiger partial charge in [0.1, 0.15) is 0 Å². The standard InChI is InChI=1S/C11H15N/c1-11(8-9-11)12(2)10-6-4-3-5-7-10/h3-7H,8-9H2,1-2H3. The molecular formula is C11H15N. The maximum Gasteiger partial charge on any atom is 0.0372 e. The molecule has 1 aliphatic carbocycles. The van der Waals surface area contributed by atoms with Crippen molar-refractivity contribution < 1.29 is 0 Å². The van der Waals surface area contributed by atoms with Gasteiger partial charge in [0.2, 0.25) is 0 Å². The molecule has 1 aromatic carbocycles. The first-order valence-corrected chi connectivity index (χ1v) is 4.51. The quantitative estimate of drug-likeness (QED) is 0.644. The van der Waals surface area contributed by atoms with Crippen LogP contribution in [0.25, 0.3) is 0 Å². The van der Waals surface area contributed by atoms with Crippen LogP contribution in [-0.2, 0) is 0 Å². The Bertz CT molecular complexity index is 262. The van der Waals surface area contributed by atoms with E-state index in [2.05, 4.69) is 49.2 Å². The molecule has 64 valence electrons. The summed E-state index contributed by atoms with van der Waals surface area (Å²) in [5, 5.41) is 0. The number of nitrogens with zero attached hydrogens (tertiary/aromatic N) is 1. The molecule has 0 atom stereocenters. The van der Waals surface area contributed by atoms with Crippen LogP contribution in [0.4, 0.5) is 5.69 Å². The van der Waals surface area contributed by atoms with E-state index in [9.17, 15) is 0 Å². The average molecular weight is 161 g/mol. The maximum absolute atomic E-state index is 2.38. The molecule has 0 aromatic heterocycles. The minimum Gasteiger partial charge on any atom is -0.369 e. The lowest BCUT2D eigenvalue weighted by molar-refractivity contribution is 0.692. The highest BCUT2D eigenvalue weighted by atomic mass is 15.2. The summed E-state index contributed by atoms with van der Waals surface area (Å²) in [4.78, 5) is 2.38. The molecule has 0 aliphatic heterocycles. The van der Waals surface area contributed by atoms with Crippen molar-refractivity contribution >= 4 is 5.69 Å². The Hall–Kier alpha value is -0.980. The first-order chi connectivity index (χ1) is 5.72. The molecule has 0 heterocycles. The summed E-state index contributed by atoms with van der Waals surface area (Å²) in [6, 6.07) is 10.6. The van der Waals surface area contributed by atoms with E-state index in [1.807, 2.05) is 0 Å². The van der Waals surface area contributed by atoms with Crippen molar-refractivity contribution in [3.63, 3.8) is 0 Å². The van der Waals surface area contributed by atoms with Gasteiger partial charge in [0, 0.05) is 18.3 Å². The van der Waals surface area contributed by atoms with E-state index in [4.69, 9.17) is 0 Å². The van der Waals surface area contributed by atoms with E-state index >= 15 is 0 Å². The summed E-state index contributed by atoms with van der Waals surface area (Å²) in [6.07, 6.45) is 2.66. The monoisotopic (exact) mass is 161 g/mol. The van der Waals surface area contributed by atoms with Gasteiger partial charge in [0.15, 0.2) is 0 Å². The van der Waals surface area contributed by atoms with Crippen LogP contribution in [0.5, 0.6) is 0 Å². The number of anilines is 1. The minimum atomic E-state index is 0.446. The van der Waals surface area contributed by atoms with Gasteiger partial charge in [-0.1, -0.05) is 18.2 Å². The molecule has 12 heavy (non-hydrogen) atoms. The Kier molecular flexibility index (Phi) is 1.60. The van der Waals surface area contributed by atoms with Crippen molar-refractivity contribution in [2.45, 2.75) is 25.3 Å². The molecule has 0 spiro atoms. The van der Waals surface area contributed by atoms with E-state index in [0.29, 0.717) is 5.54 Å². The molecule has 0 radical (unpaired) electrons. The molecule has 0 unspecified atom stereocenters. The highest BCUT2D eigenvalue weighted by molar-refractivity contribution is 5.49. The fourth-order valence-corrected chi connectivity index (χ4v) is 1.48. The first kappa shape index (κ1) is 7.66. The van der Waals surface area contributed by atoms with Gasteiger partial charge in [-0.3, -0.25) is 0 Å². The second-order valence-corrected chi connectivity index (χ2v) is 3.89. The van der Waals surface area contributed by atoms with Crippen LogP contribution in [0.2, 0.25) is 0 Å². The second-order valence-electron chi connectivity index (χ2n) is 3.89. The van der Waals surface area contributed by atoms with Gasteiger partial charge in [-0.15, -0.1) is 0 Å². The number of benzene rings is 1. The van der Waals surface area contributed by atoms with Crippen LogP contribution >= 0.6 is 0 Å². The van der Waals surface area contributed by atoms with E-state index in [1.165, 1.54) is 18.5 Å². The van der Waals surface area contributed by atoms with Crippen LogP contribution in [0, 0.1) is 0 Å². The van der Waals surface area contributed by atoms with Crippen molar-refractivity contribution in [1.82, 2.24) is 0 Å². The lowest BCUT2D eigenvalue weighted by Gasteiger charge is -2.26. The fourth-order valence-electron chi connectivity index (χ4n) is 1.48. The van der Waals surface area contributed by atoms with Crippen LogP contribution in [-0.4, -0.2) is 12.6 Å². The molecule has 2 rings (SSSR count). The van der Waals surface area contributed by atoms with Gasteiger partial charge in [-0.25, -0.2) is 0 Å². The molecule has 1 heteroatoms. The van der Waals surface area contributed by atoms with Crippen LogP contribution in [0.15, 0.2) is 30.3 Å². The van der Waals surface area contributed by atoms with E-state index in [1.54, 1.807) is 0 Å². The Morgan fingerprint density at radius 3 is 2.25 bits per heavy atom. The number of hydrogen-bond acceptors (Lipinski definition) is 1. The predicted octanol–water partition coefficient (Wildman–Crippen LogP) is 2.68. The third-order valence-electron chi connectivity index (χ3n) is 2.93. The second kappa shape index (κ2) is 2.51. The third kappa shape index (κ3) is 1.20. The molecule has 0 N–H and O–H groups in total. The van der Waals surface area contributed by atoms with Crippen molar-refractivity contribution in [2.24, 2.45) is 0 Å². The summed E-state index contributed by atoms with van der Waals surface area (Å²) in [7, 11) is 2.18. The van der Waals surface area contributed by atoms with Crippen LogP contribution < -0.4 is 4.90 Å². The van der Waals surface area contributed by atoms with Gasteiger partial charge in [-0.2, -0.15) is 0 Å². The van der Waals surface area contributed by atoms with Crippen molar-refractivity contribution in [3.05, 3.63) is 30.3 Å². The fraction of sp³-hybridized carbons (Fsp3) is 0.455. The first-order valence-electron chi connectivity index (χ1n) is 4.51. The van der Waals surface area contributed by atoms with E-state index in [-0.39, 0.29) is 0 Å². The summed E-state index contributed by atoms with van der Waals surface area (Å²) < 4.78 is 0. The Balaban J connectivity index is 2.20. The highest BCUT2D eigenvalue weighted by Crippen LogP contribution is 2.42. The molecule has 0 amide bonds. The molecular weight excluding hydrogens is 146 g/mol. The number of para-hydroxylation sites is 1. The molecule has 1 aliphatic rings. The van der Waals surface area contributed by atoms with Crippen molar-refractivity contribution in [3.8, 4) is 0 Å². The minimum absolute atomic E-state index is 0.446. The van der Waals surface area contributed by atoms with E-state index < -0.39 is 0 Å². The number of rotatable bonds is 2. The highest BCUT2D eigenvalue weighted by Gasteiger charge is 2.41. The van der Waals surface area contributed by atoms with Gasteiger partial charge in [-0.05, 0) is 31.9 Å². The molecule has 1 aromatic rings. The smallest absolute Gasteiger partial charge is 0.0372 e. The summed E-state index contributed by atoms with van der Waals surface area (Å²) in [5.74, 6) is 0. The zero-order valence-corrected chi connectivity index (χ0v) is 7.75. The zero-order valence-electron chi connectivity index (χ0n) is 7.75. The topological polar surface area (TPSA) is 3.24 Å². The summed E-state index contributed by atoms with van der Waals surface area (Å²) in [5.41, 5.74) is 1.78. The Morgan fingerprint density at radius 2 is 1.75 bits per heavy atom. The molecule has 1 fully saturated rings. The van der Waals surface area contributed by atoms with Gasteiger partial charge in [0.05, 0.1) is 0 Å². The largest absolute Gasteiger partial charge is 0.369 e. The zero-order chi connectivity index (χ0) is 8.60. The van der Waals surface area contributed by atoms with E-state index in [0.717, 1.165) is 0 Å². The lowest BCUT2D eigenvalue weighted by atomic mass is 10.2. The Labute approximate surface area is 74.0 Å². The lowest BCUT2D eigenvalue weighted by Crippen LogP contribution is -2.30. The molecule has 0 bridgehead atoms. The van der Waals surface area contributed by atoms with Gasteiger partial charge >= 0.3 is 0 Å². The van der Waals surface area contributed by atoms with Crippen LogP contribution in [0.1, 0.15) is 19.8 Å². The van der Waals surface area contributed by atoms with Crippen LogP contribution in [0.3, 0.4) is 0 Å². The van der Waals surface area contributed by atoms with Gasteiger partial charge in [0.25, 0.3) is 0 Å². The summed E-state index contributed by atoms with van der Waals surface area (Å²) in [6.45, 7) is 2.32. The normalized spacial score (nSPS) is 18.8. The van der Waals surface area contributed by atoms with Gasteiger partial charge < -0.3 is 4.90 Å². The molecule has 0 saturated heterocycles. The molecule has 1 nitrogen and oxygen atoms in total. The van der Waals surface area contributed by atoms with Crippen molar-refractivity contribution in [2.75, 3.05) is 11.9 Å². The summed E-state index contributed by atoms with van der Waals surface area (Å²) >= 11 is 0.